The molecule has 1 aliphatic carbocycles. The average molecular weight is 396 g/mol. The SMILES string of the molecule is O=C(c1ccc(F)cc1F)N1CCC2(C1)C(=O)N(CC1CCC1)c1ccccc12. The molecule has 150 valence electrons. The normalized spacial score (nSPS) is 23.6. The van der Waals surface area contributed by atoms with Gasteiger partial charge in [-0.1, -0.05) is 24.6 Å². The highest BCUT2D eigenvalue weighted by molar-refractivity contribution is 6.09. The summed E-state index contributed by atoms with van der Waals surface area (Å²) in [6.07, 6.45) is 4.02. The van der Waals surface area contributed by atoms with Gasteiger partial charge in [0.05, 0.1) is 11.0 Å². The number of anilines is 1. The first kappa shape index (κ1) is 18.3. The van der Waals surface area contributed by atoms with Gasteiger partial charge in [-0.05, 0) is 48.9 Å². The highest BCUT2D eigenvalue weighted by Crippen LogP contribution is 2.48. The number of benzene rings is 2. The van der Waals surface area contributed by atoms with Crippen LogP contribution in [0.25, 0.3) is 0 Å². The van der Waals surface area contributed by atoms with Crippen molar-refractivity contribution in [2.45, 2.75) is 31.1 Å². The molecule has 2 heterocycles. The topological polar surface area (TPSA) is 40.6 Å². The summed E-state index contributed by atoms with van der Waals surface area (Å²) in [5.74, 6) is -1.51. The molecule has 1 spiro atoms. The maximum Gasteiger partial charge on any atom is 0.256 e. The highest BCUT2D eigenvalue weighted by Gasteiger charge is 2.55. The molecule has 2 aromatic carbocycles. The van der Waals surface area contributed by atoms with E-state index >= 15 is 0 Å². The monoisotopic (exact) mass is 396 g/mol. The quantitative estimate of drug-likeness (QED) is 0.790. The average Bonchev–Trinajstić information content (AvgIpc) is 3.21. The first-order valence-electron chi connectivity index (χ1n) is 10.2. The van der Waals surface area contributed by atoms with Crippen molar-refractivity contribution >= 4 is 17.5 Å². The Bertz CT molecular complexity index is 1000. The van der Waals surface area contributed by atoms with Crippen LogP contribution in [0.15, 0.2) is 42.5 Å². The van der Waals surface area contributed by atoms with Gasteiger partial charge in [-0.3, -0.25) is 9.59 Å². The van der Waals surface area contributed by atoms with Gasteiger partial charge in [0.25, 0.3) is 5.91 Å². The van der Waals surface area contributed by atoms with Crippen molar-refractivity contribution in [3.63, 3.8) is 0 Å². The molecule has 5 rings (SSSR count). The van der Waals surface area contributed by atoms with E-state index in [2.05, 4.69) is 0 Å². The van der Waals surface area contributed by atoms with Gasteiger partial charge >= 0.3 is 0 Å². The Labute approximate surface area is 168 Å². The van der Waals surface area contributed by atoms with Crippen LogP contribution in [0.4, 0.5) is 14.5 Å². The number of amides is 2. The fourth-order valence-electron chi connectivity index (χ4n) is 4.92. The van der Waals surface area contributed by atoms with Crippen molar-refractivity contribution in [2.24, 2.45) is 5.92 Å². The number of carbonyl (C=O) groups is 2. The molecule has 1 saturated carbocycles. The molecule has 4 nitrogen and oxygen atoms in total. The summed E-state index contributed by atoms with van der Waals surface area (Å²) in [5, 5.41) is 0. The van der Waals surface area contributed by atoms with Crippen molar-refractivity contribution in [3.05, 3.63) is 65.2 Å². The molecule has 2 fully saturated rings. The fraction of sp³-hybridized carbons (Fsp3) is 0.391. The van der Waals surface area contributed by atoms with E-state index in [4.69, 9.17) is 0 Å². The number of rotatable bonds is 3. The van der Waals surface area contributed by atoms with E-state index < -0.39 is 23.0 Å². The van der Waals surface area contributed by atoms with Crippen LogP contribution in [-0.4, -0.2) is 36.3 Å². The van der Waals surface area contributed by atoms with Crippen LogP contribution in [0.1, 0.15) is 41.6 Å². The zero-order valence-corrected chi connectivity index (χ0v) is 16.0. The zero-order chi connectivity index (χ0) is 20.2. The number of likely N-dealkylation sites (tertiary alicyclic amines) is 1. The molecular formula is C23H22F2N2O2. The summed E-state index contributed by atoms with van der Waals surface area (Å²) in [6.45, 7) is 1.31. The van der Waals surface area contributed by atoms with Crippen LogP contribution >= 0.6 is 0 Å². The van der Waals surface area contributed by atoms with Crippen LogP contribution in [0.5, 0.6) is 0 Å². The van der Waals surface area contributed by atoms with Crippen LogP contribution < -0.4 is 4.90 Å². The summed E-state index contributed by atoms with van der Waals surface area (Å²) in [7, 11) is 0. The molecule has 0 bridgehead atoms. The Morgan fingerprint density at radius 3 is 2.66 bits per heavy atom. The Morgan fingerprint density at radius 1 is 1.14 bits per heavy atom. The molecule has 3 aliphatic rings. The highest BCUT2D eigenvalue weighted by atomic mass is 19.1. The van der Waals surface area contributed by atoms with Crippen molar-refractivity contribution in [3.8, 4) is 0 Å². The van der Waals surface area contributed by atoms with Gasteiger partial charge in [0.2, 0.25) is 5.91 Å². The van der Waals surface area contributed by atoms with Crippen molar-refractivity contribution in [2.75, 3.05) is 24.5 Å². The third-order valence-electron chi connectivity index (χ3n) is 6.75. The van der Waals surface area contributed by atoms with Gasteiger partial charge in [-0.2, -0.15) is 0 Å². The molecular weight excluding hydrogens is 374 g/mol. The maximum absolute atomic E-state index is 14.1. The van der Waals surface area contributed by atoms with Gasteiger partial charge in [0, 0.05) is 31.4 Å². The number of fused-ring (bicyclic) bond motifs is 2. The molecule has 0 radical (unpaired) electrons. The molecule has 2 aromatic rings. The van der Waals surface area contributed by atoms with E-state index in [0.717, 1.165) is 42.8 Å². The number of hydrogen-bond acceptors (Lipinski definition) is 2. The van der Waals surface area contributed by atoms with Crippen molar-refractivity contribution in [1.29, 1.82) is 0 Å². The summed E-state index contributed by atoms with van der Waals surface area (Å²) in [5.41, 5.74) is 0.964. The minimum atomic E-state index is -0.874. The second kappa shape index (κ2) is 6.65. The van der Waals surface area contributed by atoms with E-state index in [9.17, 15) is 18.4 Å². The lowest BCUT2D eigenvalue weighted by molar-refractivity contribution is -0.123. The number of nitrogens with zero attached hydrogens (tertiary/aromatic N) is 2. The van der Waals surface area contributed by atoms with Crippen molar-refractivity contribution < 1.29 is 18.4 Å². The van der Waals surface area contributed by atoms with Gasteiger partial charge in [0.15, 0.2) is 0 Å². The number of para-hydroxylation sites is 1. The zero-order valence-electron chi connectivity index (χ0n) is 16.0. The lowest BCUT2D eigenvalue weighted by Crippen LogP contribution is -2.45. The second-order valence-electron chi connectivity index (χ2n) is 8.41. The van der Waals surface area contributed by atoms with E-state index in [1.807, 2.05) is 29.2 Å². The lowest BCUT2D eigenvalue weighted by atomic mass is 9.81. The molecule has 2 amide bonds. The summed E-state index contributed by atoms with van der Waals surface area (Å²) < 4.78 is 27.3. The van der Waals surface area contributed by atoms with Gasteiger partial charge in [-0.15, -0.1) is 0 Å². The predicted molar refractivity (Wildman–Crippen MR) is 105 cm³/mol. The number of carbonyl (C=O) groups excluding carboxylic acids is 2. The number of hydrogen-bond donors (Lipinski definition) is 0. The molecule has 0 N–H and O–H groups in total. The van der Waals surface area contributed by atoms with Gasteiger partial charge in [-0.25, -0.2) is 8.78 Å². The molecule has 2 aliphatic heterocycles. The predicted octanol–water partition coefficient (Wildman–Crippen LogP) is 3.90. The molecule has 0 aromatic heterocycles. The van der Waals surface area contributed by atoms with E-state index in [0.29, 0.717) is 18.9 Å². The first-order valence-corrected chi connectivity index (χ1v) is 10.2. The number of halogens is 2. The molecule has 1 atom stereocenters. The Hall–Kier alpha value is -2.76. The summed E-state index contributed by atoms with van der Waals surface area (Å²) in [4.78, 5) is 29.9. The Kier molecular flexibility index (Phi) is 4.19. The summed E-state index contributed by atoms with van der Waals surface area (Å²) >= 11 is 0. The Balaban J connectivity index is 1.45. The minimum Gasteiger partial charge on any atom is -0.337 e. The Morgan fingerprint density at radius 2 is 1.93 bits per heavy atom. The molecule has 29 heavy (non-hydrogen) atoms. The smallest absolute Gasteiger partial charge is 0.256 e. The molecule has 1 saturated heterocycles. The van der Waals surface area contributed by atoms with Crippen LogP contribution in [-0.2, 0) is 10.2 Å². The standard InChI is InChI=1S/C23H22F2N2O2/c24-16-8-9-17(19(25)12-16)21(28)26-11-10-23(14-26)18-6-1-2-7-20(18)27(22(23)29)13-15-4-3-5-15/h1-2,6-9,12,15H,3-5,10-11,13-14H2. The maximum atomic E-state index is 14.1. The van der Waals surface area contributed by atoms with Gasteiger partial charge < -0.3 is 9.80 Å². The third-order valence-corrected chi connectivity index (χ3v) is 6.75. The van der Waals surface area contributed by atoms with Crippen LogP contribution in [0.3, 0.4) is 0 Å². The van der Waals surface area contributed by atoms with E-state index in [-0.39, 0.29) is 18.0 Å². The minimum absolute atomic E-state index is 0.0421. The van der Waals surface area contributed by atoms with Crippen molar-refractivity contribution in [1.82, 2.24) is 4.90 Å². The van der Waals surface area contributed by atoms with E-state index in [1.165, 1.54) is 17.4 Å². The fourth-order valence-corrected chi connectivity index (χ4v) is 4.92. The lowest BCUT2D eigenvalue weighted by Gasteiger charge is -2.31. The molecule has 1 unspecified atom stereocenters. The summed E-state index contributed by atoms with van der Waals surface area (Å²) in [6, 6.07) is 10.8. The second-order valence-corrected chi connectivity index (χ2v) is 8.41. The molecule has 6 heteroatoms. The first-order chi connectivity index (χ1) is 14.0. The van der Waals surface area contributed by atoms with E-state index in [1.54, 1.807) is 0 Å². The van der Waals surface area contributed by atoms with Crippen LogP contribution in [0.2, 0.25) is 0 Å². The van der Waals surface area contributed by atoms with Crippen LogP contribution in [0, 0.1) is 17.6 Å². The largest absolute Gasteiger partial charge is 0.337 e. The third kappa shape index (κ3) is 2.76. The van der Waals surface area contributed by atoms with Gasteiger partial charge in [0.1, 0.15) is 11.6 Å².